The molecule has 0 radical (unpaired) electrons. The Labute approximate surface area is 116 Å². The van der Waals surface area contributed by atoms with E-state index in [1.807, 2.05) is 0 Å². The molecule has 0 N–H and O–H groups in total. The summed E-state index contributed by atoms with van der Waals surface area (Å²) >= 11 is 0. The van der Waals surface area contributed by atoms with Gasteiger partial charge in [0.05, 0.1) is 0 Å². The summed E-state index contributed by atoms with van der Waals surface area (Å²) in [5.74, 6) is 3.25. The van der Waals surface area contributed by atoms with Gasteiger partial charge in [-0.1, -0.05) is 74.5 Å². The molecule has 2 heteroatoms. The van der Waals surface area contributed by atoms with Gasteiger partial charge in [0.1, 0.15) is 0 Å². The van der Waals surface area contributed by atoms with Crippen LogP contribution in [0.25, 0.3) is 0 Å². The van der Waals surface area contributed by atoms with E-state index in [9.17, 15) is 0 Å². The minimum atomic E-state index is 0.880. The van der Waals surface area contributed by atoms with Gasteiger partial charge in [0.15, 0.2) is 0 Å². The Hall–Kier alpha value is 0.700. The maximum Gasteiger partial charge on any atom is 0.0151 e. The third-order valence-corrected chi connectivity index (χ3v) is 6.89. The van der Waals surface area contributed by atoms with Crippen molar-refractivity contribution in [1.29, 1.82) is 0 Å². The fraction of sp³-hybridized carbons (Fsp3) is 1.00. The number of unbranched alkanes of at least 4 members (excludes halogenated alkanes) is 1. The number of rotatable bonds is 8. The molecule has 0 spiro atoms. The first kappa shape index (κ1) is 15.8. The Morgan fingerprint density at radius 1 is 1.00 bits per heavy atom. The van der Waals surface area contributed by atoms with Crippen LogP contribution in [0, 0.1) is 11.8 Å². The topological polar surface area (TPSA) is 0 Å². The molecule has 1 rings (SSSR count). The van der Waals surface area contributed by atoms with E-state index < -0.39 is 0 Å². The summed E-state index contributed by atoms with van der Waals surface area (Å²) in [5, 5.41) is 0.880. The first-order valence-electron chi connectivity index (χ1n) is 7.48. The van der Waals surface area contributed by atoms with Crippen molar-refractivity contribution in [3.8, 4) is 0 Å². The molecule has 1 aliphatic carbocycles. The molecule has 0 aromatic rings. The summed E-state index contributed by atoms with van der Waals surface area (Å²) in [4.78, 5) is 0. The second-order valence-electron chi connectivity index (χ2n) is 5.91. The minimum Gasteiger partial charge on any atom is -0.0939 e. The molecule has 1 unspecified atom stereocenters. The van der Waals surface area contributed by atoms with Crippen molar-refractivity contribution in [3.63, 3.8) is 0 Å². The lowest BCUT2D eigenvalue weighted by atomic mass is 9.87. The van der Waals surface area contributed by atoms with Gasteiger partial charge in [-0.05, 0) is 31.1 Å². The van der Waals surface area contributed by atoms with Crippen LogP contribution in [0.15, 0.2) is 0 Å². The Kier molecular flexibility index (Phi) is 8.90. The summed E-state index contributed by atoms with van der Waals surface area (Å²) in [7, 11) is 4.28. The fourth-order valence-electron chi connectivity index (χ4n) is 2.55. The first-order valence-corrected chi connectivity index (χ1v) is 9.86. The van der Waals surface area contributed by atoms with Crippen LogP contribution < -0.4 is 0 Å². The minimum absolute atomic E-state index is 0.880. The Morgan fingerprint density at radius 2 is 1.71 bits per heavy atom. The fourth-order valence-corrected chi connectivity index (χ4v) is 5.37. The average molecular weight is 275 g/mol. The van der Waals surface area contributed by atoms with Gasteiger partial charge in [-0.15, -0.1) is 0 Å². The normalized spacial score (nSPS) is 19.8. The van der Waals surface area contributed by atoms with E-state index in [0.29, 0.717) is 0 Å². The lowest BCUT2D eigenvalue weighted by molar-refractivity contribution is 0.357. The van der Waals surface area contributed by atoms with Crippen LogP contribution in [0.1, 0.15) is 72.1 Å². The quantitative estimate of drug-likeness (QED) is 0.384. The van der Waals surface area contributed by atoms with Crippen LogP contribution in [0.3, 0.4) is 0 Å². The summed E-state index contributed by atoms with van der Waals surface area (Å²) in [5.41, 5.74) is 0. The van der Waals surface area contributed by atoms with Crippen LogP contribution >= 0.6 is 21.6 Å². The lowest BCUT2D eigenvalue weighted by Crippen LogP contribution is -2.16. The summed E-state index contributed by atoms with van der Waals surface area (Å²) < 4.78 is 0. The Balaban J connectivity index is 1.94. The van der Waals surface area contributed by atoms with Gasteiger partial charge in [-0.3, -0.25) is 0 Å². The monoisotopic (exact) mass is 274 g/mol. The van der Waals surface area contributed by atoms with Gasteiger partial charge in [-0.2, -0.15) is 0 Å². The van der Waals surface area contributed by atoms with Gasteiger partial charge in [-0.25, -0.2) is 0 Å². The molecule has 0 aliphatic heterocycles. The van der Waals surface area contributed by atoms with E-state index in [4.69, 9.17) is 0 Å². The smallest absolute Gasteiger partial charge is 0.0151 e. The van der Waals surface area contributed by atoms with E-state index in [2.05, 4.69) is 42.4 Å². The standard InChI is InChI=1S/C15H30S2/c1-13(2)9-7-8-12-16-17-14(3)15-10-5-4-6-11-15/h13-15H,4-12H2,1-3H3. The van der Waals surface area contributed by atoms with Crippen molar-refractivity contribution in [2.75, 3.05) is 5.75 Å². The van der Waals surface area contributed by atoms with Gasteiger partial charge in [0, 0.05) is 11.0 Å². The van der Waals surface area contributed by atoms with Crippen LogP contribution in [0.4, 0.5) is 0 Å². The maximum absolute atomic E-state index is 2.45. The van der Waals surface area contributed by atoms with E-state index in [0.717, 1.165) is 17.1 Å². The second kappa shape index (κ2) is 9.61. The first-order chi connectivity index (χ1) is 8.20. The second-order valence-corrected chi connectivity index (χ2v) is 8.78. The predicted octanol–water partition coefficient (Wildman–Crippen LogP) is 6.16. The highest BCUT2D eigenvalue weighted by molar-refractivity contribution is 8.76. The van der Waals surface area contributed by atoms with Crippen LogP contribution in [0.5, 0.6) is 0 Å². The van der Waals surface area contributed by atoms with Crippen molar-refractivity contribution >= 4 is 21.6 Å². The molecule has 0 heterocycles. The average Bonchev–Trinajstić information content (AvgIpc) is 2.34. The van der Waals surface area contributed by atoms with E-state index in [1.54, 1.807) is 0 Å². The Bertz CT molecular complexity index is 174. The van der Waals surface area contributed by atoms with Crippen molar-refractivity contribution in [2.24, 2.45) is 11.8 Å². The lowest BCUT2D eigenvalue weighted by Gasteiger charge is -2.26. The summed E-state index contributed by atoms with van der Waals surface area (Å²) in [6, 6.07) is 0. The van der Waals surface area contributed by atoms with Crippen molar-refractivity contribution in [3.05, 3.63) is 0 Å². The molecule has 1 fully saturated rings. The van der Waals surface area contributed by atoms with Gasteiger partial charge < -0.3 is 0 Å². The van der Waals surface area contributed by atoms with Crippen LogP contribution in [-0.4, -0.2) is 11.0 Å². The van der Waals surface area contributed by atoms with Gasteiger partial charge >= 0.3 is 0 Å². The van der Waals surface area contributed by atoms with Crippen molar-refractivity contribution in [1.82, 2.24) is 0 Å². The third kappa shape index (κ3) is 7.66. The van der Waals surface area contributed by atoms with E-state index in [1.165, 1.54) is 57.1 Å². The molecule has 0 amide bonds. The molecule has 0 aromatic carbocycles. The number of hydrogen-bond acceptors (Lipinski definition) is 2. The van der Waals surface area contributed by atoms with Crippen molar-refractivity contribution in [2.45, 2.75) is 77.4 Å². The molecule has 1 saturated carbocycles. The Morgan fingerprint density at radius 3 is 2.35 bits per heavy atom. The molecule has 1 atom stereocenters. The highest BCUT2D eigenvalue weighted by Crippen LogP contribution is 2.38. The van der Waals surface area contributed by atoms with Gasteiger partial charge in [0.2, 0.25) is 0 Å². The van der Waals surface area contributed by atoms with Crippen LogP contribution in [0.2, 0.25) is 0 Å². The molecule has 17 heavy (non-hydrogen) atoms. The van der Waals surface area contributed by atoms with Crippen LogP contribution in [-0.2, 0) is 0 Å². The number of hydrogen-bond donors (Lipinski definition) is 0. The van der Waals surface area contributed by atoms with E-state index >= 15 is 0 Å². The molecule has 102 valence electrons. The largest absolute Gasteiger partial charge is 0.0939 e. The van der Waals surface area contributed by atoms with E-state index in [-0.39, 0.29) is 0 Å². The zero-order valence-corrected chi connectivity index (χ0v) is 13.5. The molecule has 0 aromatic heterocycles. The summed E-state index contributed by atoms with van der Waals surface area (Å²) in [6.07, 6.45) is 11.7. The molecular weight excluding hydrogens is 244 g/mol. The zero-order valence-electron chi connectivity index (χ0n) is 11.9. The van der Waals surface area contributed by atoms with Gasteiger partial charge in [0.25, 0.3) is 0 Å². The third-order valence-electron chi connectivity index (χ3n) is 3.79. The zero-order chi connectivity index (χ0) is 12.5. The SMILES string of the molecule is CC(C)CCCCSSC(C)C1CCCCC1. The maximum atomic E-state index is 2.45. The molecule has 0 saturated heterocycles. The molecule has 1 aliphatic rings. The predicted molar refractivity (Wildman–Crippen MR) is 84.8 cm³/mol. The molecule has 0 bridgehead atoms. The highest BCUT2D eigenvalue weighted by Gasteiger charge is 2.20. The van der Waals surface area contributed by atoms with Crippen molar-refractivity contribution < 1.29 is 0 Å². The summed E-state index contributed by atoms with van der Waals surface area (Å²) in [6.45, 7) is 7.10. The highest BCUT2D eigenvalue weighted by atomic mass is 33.1. The molecular formula is C15H30S2. The molecule has 0 nitrogen and oxygen atoms in total.